The molecular weight excluding hydrogens is 480 g/mol. The van der Waals surface area contributed by atoms with Gasteiger partial charge in [0.2, 0.25) is 0 Å². The van der Waals surface area contributed by atoms with Gasteiger partial charge in [-0.2, -0.15) is 0 Å². The van der Waals surface area contributed by atoms with Crippen LogP contribution in [-0.2, 0) is 0 Å². The topological polar surface area (TPSA) is 0 Å². The maximum absolute atomic E-state index is 2.37. The summed E-state index contributed by atoms with van der Waals surface area (Å²) in [5, 5.41) is 0. The summed E-state index contributed by atoms with van der Waals surface area (Å²) in [6.07, 6.45) is 40.9. The lowest BCUT2D eigenvalue weighted by Gasteiger charge is -2.32. The zero-order valence-corrected chi connectivity index (χ0v) is 27.3. The SMILES string of the molecule is CC(C)=CCC\C(C)=C/C=C/C(C)=C/C=C/C(C)=C/C=C/C=C(C)/C=C/C=C(C)/C=C/C1=C(C)CCCC1(C)C. The van der Waals surface area contributed by atoms with Crippen molar-refractivity contribution in [2.75, 3.05) is 0 Å². The predicted octanol–water partition coefficient (Wildman–Crippen LogP) is 12.8. The standard InChI is InChI=1S/C40H56/c1-32(2)18-13-21-35(5)24-15-26-36(6)25-14-22-33(3)19-11-12-20-34(4)23-16-27-37(7)29-30-39-38(8)28-17-31-40(39,9)10/h11-12,14-16,18-20,22-27,29-30H,13,17,21,28,31H2,1-10H3/b12-11+,22-14+,23-16+,26-15+,30-29+,33-19+,34-20+,35-24-,36-25+,37-27+. The van der Waals surface area contributed by atoms with Crippen molar-refractivity contribution in [3.8, 4) is 0 Å². The van der Waals surface area contributed by atoms with Gasteiger partial charge in [0.25, 0.3) is 0 Å². The molecule has 0 amide bonds. The van der Waals surface area contributed by atoms with Crippen molar-refractivity contribution in [2.24, 2.45) is 5.41 Å². The maximum atomic E-state index is 2.37. The molecule has 0 aromatic rings. The molecular formula is C40H56. The van der Waals surface area contributed by atoms with Crippen LogP contribution in [0.1, 0.15) is 101 Å². The van der Waals surface area contributed by atoms with E-state index < -0.39 is 0 Å². The van der Waals surface area contributed by atoms with Crippen LogP contribution in [0.25, 0.3) is 0 Å². The lowest BCUT2D eigenvalue weighted by atomic mass is 9.72. The fraction of sp³-hybridized carbons (Fsp3) is 0.400. The zero-order valence-electron chi connectivity index (χ0n) is 27.3. The third-order valence-corrected chi connectivity index (χ3v) is 7.15. The highest BCUT2D eigenvalue weighted by atomic mass is 14.3. The van der Waals surface area contributed by atoms with E-state index in [1.807, 2.05) is 0 Å². The first-order valence-electron chi connectivity index (χ1n) is 15.0. The Kier molecular flexibility index (Phi) is 16.6. The van der Waals surface area contributed by atoms with Gasteiger partial charge in [0.1, 0.15) is 0 Å². The van der Waals surface area contributed by atoms with Crippen LogP contribution in [0.15, 0.2) is 142 Å². The monoisotopic (exact) mass is 536 g/mol. The number of allylic oxidation sites excluding steroid dienone is 24. The van der Waals surface area contributed by atoms with Crippen molar-refractivity contribution in [2.45, 2.75) is 101 Å². The van der Waals surface area contributed by atoms with Crippen LogP contribution in [0.3, 0.4) is 0 Å². The molecule has 0 bridgehead atoms. The Hall–Kier alpha value is -3.12. The smallest absolute Gasteiger partial charge is 0.0104 e. The van der Waals surface area contributed by atoms with E-state index in [0.717, 1.165) is 12.8 Å². The minimum Gasteiger partial charge on any atom is -0.0856 e. The Morgan fingerprint density at radius 1 is 0.650 bits per heavy atom. The molecule has 0 N–H and O–H groups in total. The number of hydrogen-bond donors (Lipinski definition) is 0. The van der Waals surface area contributed by atoms with Crippen LogP contribution in [0.4, 0.5) is 0 Å². The van der Waals surface area contributed by atoms with E-state index in [4.69, 9.17) is 0 Å². The maximum Gasteiger partial charge on any atom is -0.0104 e. The molecule has 1 aliphatic carbocycles. The molecule has 216 valence electrons. The summed E-state index contributed by atoms with van der Waals surface area (Å²) in [6.45, 7) is 22.1. The van der Waals surface area contributed by atoms with Crippen molar-refractivity contribution < 1.29 is 0 Å². The Balaban J connectivity index is 2.58. The highest BCUT2D eigenvalue weighted by Gasteiger charge is 2.26. The first-order chi connectivity index (χ1) is 18.9. The second-order valence-corrected chi connectivity index (χ2v) is 12.2. The molecule has 0 fully saturated rings. The Bertz CT molecular complexity index is 1180. The average molecular weight is 537 g/mol. The van der Waals surface area contributed by atoms with Crippen LogP contribution in [-0.4, -0.2) is 0 Å². The van der Waals surface area contributed by atoms with E-state index in [0.29, 0.717) is 0 Å². The summed E-state index contributed by atoms with van der Waals surface area (Å²) < 4.78 is 0. The molecule has 0 aromatic heterocycles. The molecule has 40 heavy (non-hydrogen) atoms. The molecule has 0 nitrogen and oxygen atoms in total. The van der Waals surface area contributed by atoms with Crippen molar-refractivity contribution in [3.05, 3.63) is 142 Å². The fourth-order valence-corrected chi connectivity index (χ4v) is 4.60. The normalized spacial score (nSPS) is 18.5. The van der Waals surface area contributed by atoms with Gasteiger partial charge >= 0.3 is 0 Å². The van der Waals surface area contributed by atoms with Gasteiger partial charge in [-0.1, -0.05) is 150 Å². The molecule has 0 radical (unpaired) electrons. The highest BCUT2D eigenvalue weighted by molar-refractivity contribution is 5.37. The molecule has 0 atom stereocenters. The zero-order chi connectivity index (χ0) is 30.0. The van der Waals surface area contributed by atoms with Crippen LogP contribution in [0.2, 0.25) is 0 Å². The summed E-state index contributed by atoms with van der Waals surface area (Å²) in [7, 11) is 0. The first kappa shape index (κ1) is 34.9. The van der Waals surface area contributed by atoms with Gasteiger partial charge in [-0.3, -0.25) is 0 Å². The Morgan fingerprint density at radius 2 is 1.12 bits per heavy atom. The van der Waals surface area contributed by atoms with Gasteiger partial charge in [0.15, 0.2) is 0 Å². The quantitative estimate of drug-likeness (QED) is 0.162. The lowest BCUT2D eigenvalue weighted by Crippen LogP contribution is -2.19. The van der Waals surface area contributed by atoms with Crippen molar-refractivity contribution in [1.82, 2.24) is 0 Å². The van der Waals surface area contributed by atoms with Crippen LogP contribution >= 0.6 is 0 Å². The third-order valence-electron chi connectivity index (χ3n) is 7.15. The van der Waals surface area contributed by atoms with Crippen molar-refractivity contribution >= 4 is 0 Å². The molecule has 1 rings (SSSR count). The predicted molar refractivity (Wildman–Crippen MR) is 183 cm³/mol. The molecule has 0 heteroatoms. The number of rotatable bonds is 13. The molecule has 1 aliphatic rings. The van der Waals surface area contributed by atoms with E-state index in [9.17, 15) is 0 Å². The summed E-state index contributed by atoms with van der Waals surface area (Å²) in [5.41, 5.74) is 11.1. The molecule has 0 aliphatic heterocycles. The molecule has 0 spiro atoms. The van der Waals surface area contributed by atoms with E-state index in [-0.39, 0.29) is 5.41 Å². The van der Waals surface area contributed by atoms with Gasteiger partial charge in [-0.15, -0.1) is 0 Å². The Labute approximate surface area is 248 Å². The van der Waals surface area contributed by atoms with Gasteiger partial charge in [0, 0.05) is 0 Å². The molecule has 0 saturated heterocycles. The average Bonchev–Trinajstić information content (AvgIpc) is 2.85. The second-order valence-electron chi connectivity index (χ2n) is 12.2. The summed E-state index contributed by atoms with van der Waals surface area (Å²) in [5.74, 6) is 0. The van der Waals surface area contributed by atoms with E-state index in [1.165, 1.54) is 58.3 Å². The third kappa shape index (κ3) is 16.1. The van der Waals surface area contributed by atoms with E-state index in [2.05, 4.69) is 166 Å². The van der Waals surface area contributed by atoms with Gasteiger partial charge < -0.3 is 0 Å². The minimum absolute atomic E-state index is 0.290. The fourth-order valence-electron chi connectivity index (χ4n) is 4.60. The second kappa shape index (κ2) is 19.0. The number of hydrogen-bond acceptors (Lipinski definition) is 0. The lowest BCUT2D eigenvalue weighted by molar-refractivity contribution is 0.377. The first-order valence-corrected chi connectivity index (χ1v) is 15.0. The van der Waals surface area contributed by atoms with Gasteiger partial charge in [0.05, 0.1) is 0 Å². The largest absolute Gasteiger partial charge is 0.0856 e. The van der Waals surface area contributed by atoms with Crippen molar-refractivity contribution in [3.63, 3.8) is 0 Å². The molecule has 0 heterocycles. The van der Waals surface area contributed by atoms with Crippen LogP contribution in [0.5, 0.6) is 0 Å². The Morgan fingerprint density at radius 3 is 1.62 bits per heavy atom. The van der Waals surface area contributed by atoms with Crippen molar-refractivity contribution in [1.29, 1.82) is 0 Å². The molecule has 0 saturated carbocycles. The van der Waals surface area contributed by atoms with E-state index in [1.54, 1.807) is 5.57 Å². The van der Waals surface area contributed by atoms with Gasteiger partial charge in [-0.05, 0) is 98.5 Å². The summed E-state index contributed by atoms with van der Waals surface area (Å²) >= 11 is 0. The summed E-state index contributed by atoms with van der Waals surface area (Å²) in [4.78, 5) is 0. The minimum atomic E-state index is 0.290. The highest BCUT2D eigenvalue weighted by Crippen LogP contribution is 2.40. The van der Waals surface area contributed by atoms with E-state index >= 15 is 0 Å². The molecule has 0 unspecified atom stereocenters. The van der Waals surface area contributed by atoms with Crippen LogP contribution < -0.4 is 0 Å². The molecule has 0 aromatic carbocycles. The van der Waals surface area contributed by atoms with Gasteiger partial charge in [-0.25, -0.2) is 0 Å². The summed E-state index contributed by atoms with van der Waals surface area (Å²) in [6, 6.07) is 0. The van der Waals surface area contributed by atoms with Crippen LogP contribution in [0, 0.1) is 5.41 Å².